The summed E-state index contributed by atoms with van der Waals surface area (Å²) in [5.41, 5.74) is 3.47. The predicted molar refractivity (Wildman–Crippen MR) is 97.1 cm³/mol. The molecule has 0 N–H and O–H groups in total. The minimum Gasteiger partial charge on any atom is -0.277 e. The Morgan fingerprint density at radius 2 is 1.83 bits per heavy atom. The third-order valence-corrected chi connectivity index (χ3v) is 4.78. The number of rotatable bonds is 3. The second-order valence-corrected chi connectivity index (χ2v) is 7.83. The Kier molecular flexibility index (Phi) is 4.59. The first-order chi connectivity index (χ1) is 11.3. The van der Waals surface area contributed by atoms with Crippen LogP contribution in [-0.2, 0) is 12.1 Å². The molecule has 0 spiro atoms. The molecule has 0 radical (unpaired) electrons. The van der Waals surface area contributed by atoms with E-state index in [9.17, 15) is 4.79 Å². The summed E-state index contributed by atoms with van der Waals surface area (Å²) in [6, 6.07) is 12.6. The molecule has 2 aromatic rings. The lowest BCUT2D eigenvalue weighted by Gasteiger charge is -2.26. The fourth-order valence-electron chi connectivity index (χ4n) is 3.28. The van der Waals surface area contributed by atoms with Crippen molar-refractivity contribution in [1.82, 2.24) is 14.7 Å². The minimum absolute atomic E-state index is 0.0300. The highest BCUT2D eigenvalue weighted by atomic mass is 16.1. The van der Waals surface area contributed by atoms with Gasteiger partial charge in [0.05, 0.1) is 12.4 Å². The summed E-state index contributed by atoms with van der Waals surface area (Å²) in [6.45, 7) is 10.0. The van der Waals surface area contributed by atoms with Crippen LogP contribution in [0.2, 0.25) is 0 Å². The van der Waals surface area contributed by atoms with Crippen LogP contribution in [0.4, 0.5) is 0 Å². The number of nitrogens with zero attached hydrogens (tertiary/aromatic N) is 3. The standard InChI is InChI=1S/C20H27N3O/c1-15-7-9-16(10-8-15)17-6-5-13-22(17)14-23-19(24)12-11-18(21-23)20(2,3)4/h7-12,17H,5-6,13-14H2,1-4H3. The Morgan fingerprint density at radius 3 is 2.50 bits per heavy atom. The van der Waals surface area contributed by atoms with E-state index in [-0.39, 0.29) is 11.0 Å². The van der Waals surface area contributed by atoms with Gasteiger partial charge in [0, 0.05) is 24.1 Å². The molecule has 1 aliphatic heterocycles. The van der Waals surface area contributed by atoms with E-state index < -0.39 is 0 Å². The van der Waals surface area contributed by atoms with Gasteiger partial charge in [-0.1, -0.05) is 50.6 Å². The predicted octanol–water partition coefficient (Wildman–Crippen LogP) is 3.64. The van der Waals surface area contributed by atoms with Crippen LogP contribution in [0.5, 0.6) is 0 Å². The maximum atomic E-state index is 12.2. The van der Waals surface area contributed by atoms with Crippen molar-refractivity contribution in [2.24, 2.45) is 0 Å². The Hall–Kier alpha value is -1.94. The van der Waals surface area contributed by atoms with Gasteiger partial charge in [0.1, 0.15) is 0 Å². The van der Waals surface area contributed by atoms with Crippen molar-refractivity contribution in [3.8, 4) is 0 Å². The van der Waals surface area contributed by atoms with Crippen molar-refractivity contribution in [2.45, 2.75) is 58.7 Å². The van der Waals surface area contributed by atoms with Gasteiger partial charge >= 0.3 is 0 Å². The van der Waals surface area contributed by atoms with Crippen molar-refractivity contribution in [1.29, 1.82) is 0 Å². The lowest BCUT2D eigenvalue weighted by molar-refractivity contribution is 0.185. The van der Waals surface area contributed by atoms with Gasteiger partial charge < -0.3 is 0 Å². The molecule has 1 aromatic heterocycles. The van der Waals surface area contributed by atoms with Crippen LogP contribution in [0.1, 0.15) is 56.5 Å². The molecular weight excluding hydrogens is 298 g/mol. The normalized spacial score (nSPS) is 18.9. The average Bonchev–Trinajstić information content (AvgIpc) is 2.97. The summed E-state index contributed by atoms with van der Waals surface area (Å²) in [5.74, 6) is 0. The fraction of sp³-hybridized carbons (Fsp3) is 0.500. The van der Waals surface area contributed by atoms with Gasteiger partial charge in [0.25, 0.3) is 5.56 Å². The first kappa shape index (κ1) is 16.9. The zero-order chi connectivity index (χ0) is 17.3. The van der Waals surface area contributed by atoms with Crippen molar-refractivity contribution >= 4 is 0 Å². The molecule has 1 aromatic carbocycles. The summed E-state index contributed by atoms with van der Waals surface area (Å²) in [4.78, 5) is 14.6. The second-order valence-electron chi connectivity index (χ2n) is 7.83. The van der Waals surface area contributed by atoms with Crippen LogP contribution < -0.4 is 5.56 Å². The summed E-state index contributed by atoms with van der Waals surface area (Å²) < 4.78 is 1.62. The zero-order valence-electron chi connectivity index (χ0n) is 15.1. The van der Waals surface area contributed by atoms with E-state index in [0.29, 0.717) is 12.7 Å². The second kappa shape index (κ2) is 6.52. The van der Waals surface area contributed by atoms with E-state index >= 15 is 0 Å². The van der Waals surface area contributed by atoms with Crippen molar-refractivity contribution in [3.63, 3.8) is 0 Å². The van der Waals surface area contributed by atoms with Crippen molar-refractivity contribution in [3.05, 3.63) is 63.6 Å². The number of aromatic nitrogens is 2. The van der Waals surface area contributed by atoms with E-state index in [1.165, 1.54) is 11.1 Å². The van der Waals surface area contributed by atoms with Crippen molar-refractivity contribution < 1.29 is 0 Å². The number of aryl methyl sites for hydroxylation is 1. The van der Waals surface area contributed by atoms with E-state index in [1.54, 1.807) is 10.7 Å². The Bertz CT molecular complexity index is 756. The summed E-state index contributed by atoms with van der Waals surface area (Å²) >= 11 is 0. The van der Waals surface area contributed by atoms with Gasteiger partial charge in [0.2, 0.25) is 0 Å². The molecule has 1 aliphatic rings. The maximum absolute atomic E-state index is 12.2. The van der Waals surface area contributed by atoms with Gasteiger partial charge in [0.15, 0.2) is 0 Å². The summed E-state index contributed by atoms with van der Waals surface area (Å²) in [5, 5.41) is 4.61. The van der Waals surface area contributed by atoms with E-state index in [2.05, 4.69) is 62.0 Å². The summed E-state index contributed by atoms with van der Waals surface area (Å²) in [7, 11) is 0. The number of likely N-dealkylation sites (tertiary alicyclic amines) is 1. The molecule has 1 unspecified atom stereocenters. The Morgan fingerprint density at radius 1 is 1.12 bits per heavy atom. The van der Waals surface area contributed by atoms with Gasteiger partial charge in [-0.05, 0) is 31.4 Å². The van der Waals surface area contributed by atoms with Crippen LogP contribution in [0.3, 0.4) is 0 Å². The highest BCUT2D eigenvalue weighted by Crippen LogP contribution is 2.32. The van der Waals surface area contributed by atoms with Gasteiger partial charge in [-0.15, -0.1) is 0 Å². The topological polar surface area (TPSA) is 38.1 Å². The smallest absolute Gasteiger partial charge is 0.267 e. The van der Waals surface area contributed by atoms with Gasteiger partial charge in [-0.2, -0.15) is 5.10 Å². The van der Waals surface area contributed by atoms with Gasteiger partial charge in [-0.25, -0.2) is 4.68 Å². The minimum atomic E-state index is -0.0587. The largest absolute Gasteiger partial charge is 0.277 e. The molecule has 4 nitrogen and oxygen atoms in total. The molecule has 0 aliphatic carbocycles. The van der Waals surface area contributed by atoms with E-state index in [1.807, 2.05) is 6.07 Å². The molecule has 128 valence electrons. The molecule has 0 amide bonds. The van der Waals surface area contributed by atoms with Crippen LogP contribution in [-0.4, -0.2) is 21.2 Å². The third kappa shape index (κ3) is 3.59. The monoisotopic (exact) mass is 325 g/mol. The van der Waals surface area contributed by atoms with Crippen molar-refractivity contribution in [2.75, 3.05) is 6.54 Å². The molecule has 0 bridgehead atoms. The van der Waals surface area contributed by atoms with E-state index in [0.717, 1.165) is 25.1 Å². The Balaban J connectivity index is 1.85. The van der Waals surface area contributed by atoms with E-state index in [4.69, 9.17) is 0 Å². The summed E-state index contributed by atoms with van der Waals surface area (Å²) in [6.07, 6.45) is 2.29. The third-order valence-electron chi connectivity index (χ3n) is 4.78. The molecular formula is C20H27N3O. The molecule has 4 heteroatoms. The quantitative estimate of drug-likeness (QED) is 0.864. The maximum Gasteiger partial charge on any atom is 0.267 e. The molecule has 1 fully saturated rings. The highest BCUT2D eigenvalue weighted by Gasteiger charge is 2.27. The van der Waals surface area contributed by atoms with Crippen LogP contribution in [0.15, 0.2) is 41.2 Å². The Labute approximate surface area is 144 Å². The number of hydrogen-bond donors (Lipinski definition) is 0. The van der Waals surface area contributed by atoms with Crippen LogP contribution in [0.25, 0.3) is 0 Å². The lowest BCUT2D eigenvalue weighted by Crippen LogP contribution is -2.35. The first-order valence-electron chi connectivity index (χ1n) is 8.74. The molecule has 3 rings (SSSR count). The SMILES string of the molecule is Cc1ccc(C2CCCN2Cn2nc(C(C)(C)C)ccc2=O)cc1. The molecule has 24 heavy (non-hydrogen) atoms. The fourth-order valence-corrected chi connectivity index (χ4v) is 3.28. The average molecular weight is 325 g/mol. The molecule has 2 heterocycles. The molecule has 1 atom stereocenters. The first-order valence-corrected chi connectivity index (χ1v) is 8.74. The zero-order valence-corrected chi connectivity index (χ0v) is 15.1. The van der Waals surface area contributed by atoms with Crippen LogP contribution in [0, 0.1) is 6.92 Å². The highest BCUT2D eigenvalue weighted by molar-refractivity contribution is 5.24. The molecule has 0 saturated carbocycles. The number of benzene rings is 1. The van der Waals surface area contributed by atoms with Gasteiger partial charge in [-0.3, -0.25) is 9.69 Å². The molecule has 1 saturated heterocycles. The number of hydrogen-bond acceptors (Lipinski definition) is 3. The van der Waals surface area contributed by atoms with Crippen LogP contribution >= 0.6 is 0 Å². The lowest BCUT2D eigenvalue weighted by atomic mass is 9.92.